The topological polar surface area (TPSA) is 64.5 Å². The molecule has 7 heteroatoms. The third-order valence-corrected chi connectivity index (χ3v) is 5.12. The molecule has 3 aromatic rings. The van der Waals surface area contributed by atoms with Crippen LogP contribution in [0.25, 0.3) is 21.9 Å². The van der Waals surface area contributed by atoms with Crippen molar-refractivity contribution in [2.45, 2.75) is 20.0 Å². The van der Waals surface area contributed by atoms with Crippen LogP contribution >= 0.6 is 31.9 Å². The lowest BCUT2D eigenvalue weighted by atomic mass is 10.1. The predicted molar refractivity (Wildman–Crippen MR) is 92.1 cm³/mol. The summed E-state index contributed by atoms with van der Waals surface area (Å²) in [5.41, 5.74) is 0.404. The largest absolute Gasteiger partial charge is 0.493 e. The summed E-state index contributed by atoms with van der Waals surface area (Å²) in [7, 11) is 1.58. The van der Waals surface area contributed by atoms with Gasteiger partial charge in [0.15, 0.2) is 11.5 Å². The van der Waals surface area contributed by atoms with Gasteiger partial charge in [-0.2, -0.15) is 0 Å². The molecule has 0 bridgehead atoms. The first-order valence-corrected chi connectivity index (χ1v) is 8.19. The fourth-order valence-corrected chi connectivity index (χ4v) is 3.24. The Bertz CT molecular complexity index is 927. The first-order chi connectivity index (χ1) is 10.4. The number of methoxy groups -OCH3 is 1. The number of hydrogen-bond donors (Lipinski definition) is 1. The third-order valence-electron chi connectivity index (χ3n) is 3.20. The van der Waals surface area contributed by atoms with Crippen molar-refractivity contribution < 1.29 is 13.9 Å². The van der Waals surface area contributed by atoms with Gasteiger partial charge in [-0.1, -0.05) is 0 Å². The third kappa shape index (κ3) is 2.42. The van der Waals surface area contributed by atoms with Crippen molar-refractivity contribution in [2.75, 3.05) is 7.11 Å². The highest BCUT2D eigenvalue weighted by molar-refractivity contribution is 9.13. The SMILES string of the molecule is COc1cc2c(cc1OC(C)C)oc(=O)c1[nH]c(Br)c(Br)c12. The van der Waals surface area contributed by atoms with Gasteiger partial charge in [-0.3, -0.25) is 0 Å². The molecule has 0 aliphatic heterocycles. The van der Waals surface area contributed by atoms with E-state index in [0.717, 1.165) is 15.2 Å². The van der Waals surface area contributed by atoms with Gasteiger partial charge in [0.2, 0.25) is 0 Å². The molecular weight excluding hydrogens is 418 g/mol. The first-order valence-electron chi connectivity index (χ1n) is 6.60. The van der Waals surface area contributed by atoms with Crippen LogP contribution in [0.5, 0.6) is 11.5 Å². The number of H-pyrrole nitrogens is 1. The summed E-state index contributed by atoms with van der Waals surface area (Å²) in [6.07, 6.45) is -0.0186. The van der Waals surface area contributed by atoms with Gasteiger partial charge in [-0.15, -0.1) is 0 Å². The summed E-state index contributed by atoms with van der Waals surface area (Å²) in [5.74, 6) is 1.12. The number of nitrogens with one attached hydrogen (secondary N) is 1. The number of halogens is 2. The van der Waals surface area contributed by atoms with Crippen LogP contribution in [0.1, 0.15) is 13.8 Å². The van der Waals surface area contributed by atoms with Gasteiger partial charge in [0, 0.05) is 16.8 Å². The fraction of sp³-hybridized carbons (Fsp3) is 0.267. The number of aromatic amines is 1. The van der Waals surface area contributed by atoms with E-state index in [1.54, 1.807) is 13.2 Å². The van der Waals surface area contributed by atoms with Gasteiger partial charge in [0.1, 0.15) is 11.1 Å². The molecular formula is C15H13Br2NO4. The van der Waals surface area contributed by atoms with E-state index in [9.17, 15) is 4.79 Å². The number of hydrogen-bond acceptors (Lipinski definition) is 4. The van der Waals surface area contributed by atoms with Crippen molar-refractivity contribution in [3.05, 3.63) is 31.6 Å². The predicted octanol–water partition coefficient (Wildman–Crippen LogP) is 4.60. The number of fused-ring (bicyclic) bond motifs is 3. The van der Waals surface area contributed by atoms with Crippen molar-refractivity contribution in [1.82, 2.24) is 4.98 Å². The van der Waals surface area contributed by atoms with Crippen LogP contribution in [0.3, 0.4) is 0 Å². The van der Waals surface area contributed by atoms with Crippen LogP contribution in [0.2, 0.25) is 0 Å². The summed E-state index contributed by atoms with van der Waals surface area (Å²) in [6, 6.07) is 3.49. The lowest BCUT2D eigenvalue weighted by Crippen LogP contribution is -2.07. The maximum Gasteiger partial charge on any atom is 0.360 e. The first kappa shape index (κ1) is 15.4. The molecule has 116 valence electrons. The van der Waals surface area contributed by atoms with E-state index in [4.69, 9.17) is 13.9 Å². The molecule has 2 aromatic heterocycles. The van der Waals surface area contributed by atoms with Gasteiger partial charge in [-0.05, 0) is 51.8 Å². The maximum atomic E-state index is 12.1. The highest BCUT2D eigenvalue weighted by Gasteiger charge is 2.18. The van der Waals surface area contributed by atoms with Crippen molar-refractivity contribution >= 4 is 53.7 Å². The zero-order valence-electron chi connectivity index (χ0n) is 12.1. The molecule has 0 amide bonds. The average Bonchev–Trinajstić information content (AvgIpc) is 2.75. The second-order valence-corrected chi connectivity index (χ2v) is 6.64. The minimum absolute atomic E-state index is 0.0186. The summed E-state index contributed by atoms with van der Waals surface area (Å²) in [4.78, 5) is 15.1. The minimum Gasteiger partial charge on any atom is -0.493 e. The van der Waals surface area contributed by atoms with Gasteiger partial charge < -0.3 is 18.9 Å². The number of benzene rings is 1. The van der Waals surface area contributed by atoms with E-state index in [1.165, 1.54) is 0 Å². The van der Waals surface area contributed by atoms with E-state index >= 15 is 0 Å². The number of aromatic nitrogens is 1. The van der Waals surface area contributed by atoms with Crippen LogP contribution in [0.4, 0.5) is 0 Å². The number of rotatable bonds is 3. The van der Waals surface area contributed by atoms with Crippen LogP contribution in [0.15, 0.2) is 30.4 Å². The van der Waals surface area contributed by atoms with E-state index < -0.39 is 5.63 Å². The van der Waals surface area contributed by atoms with Gasteiger partial charge in [-0.25, -0.2) is 4.79 Å². The molecule has 1 N–H and O–H groups in total. The Morgan fingerprint density at radius 2 is 1.95 bits per heavy atom. The van der Waals surface area contributed by atoms with Crippen molar-refractivity contribution in [3.8, 4) is 11.5 Å². The minimum atomic E-state index is -0.436. The van der Waals surface area contributed by atoms with Gasteiger partial charge in [0.25, 0.3) is 0 Å². The fourth-order valence-electron chi connectivity index (χ4n) is 2.33. The average molecular weight is 431 g/mol. The van der Waals surface area contributed by atoms with Crippen LogP contribution in [-0.2, 0) is 0 Å². The molecule has 22 heavy (non-hydrogen) atoms. The Balaban J connectivity index is 2.42. The molecule has 0 radical (unpaired) electrons. The molecule has 2 heterocycles. The number of ether oxygens (including phenoxy) is 2. The molecule has 0 fully saturated rings. The maximum absolute atomic E-state index is 12.1. The second kappa shape index (κ2) is 5.62. The highest BCUT2D eigenvalue weighted by Crippen LogP contribution is 2.39. The molecule has 1 aromatic carbocycles. The quantitative estimate of drug-likeness (QED) is 0.617. The van der Waals surface area contributed by atoms with Crippen molar-refractivity contribution in [3.63, 3.8) is 0 Å². The van der Waals surface area contributed by atoms with E-state index in [0.29, 0.717) is 27.2 Å². The monoisotopic (exact) mass is 429 g/mol. The summed E-state index contributed by atoms with van der Waals surface area (Å²) >= 11 is 6.85. The Hall–Kier alpha value is -1.47. The Labute approximate surface area is 142 Å². The molecule has 0 saturated heterocycles. The highest BCUT2D eigenvalue weighted by atomic mass is 79.9. The van der Waals surface area contributed by atoms with E-state index in [-0.39, 0.29) is 6.10 Å². The lowest BCUT2D eigenvalue weighted by Gasteiger charge is -2.14. The molecule has 0 saturated carbocycles. The zero-order valence-corrected chi connectivity index (χ0v) is 15.3. The van der Waals surface area contributed by atoms with Crippen LogP contribution < -0.4 is 15.1 Å². The van der Waals surface area contributed by atoms with Crippen molar-refractivity contribution in [2.24, 2.45) is 0 Å². The summed E-state index contributed by atoms with van der Waals surface area (Å²) < 4.78 is 18.0. The summed E-state index contributed by atoms with van der Waals surface area (Å²) in [5, 5.41) is 1.50. The summed E-state index contributed by atoms with van der Waals surface area (Å²) in [6.45, 7) is 3.84. The molecule has 0 atom stereocenters. The molecule has 0 spiro atoms. The molecule has 3 rings (SSSR count). The van der Waals surface area contributed by atoms with Crippen LogP contribution in [-0.4, -0.2) is 18.2 Å². The van der Waals surface area contributed by atoms with Gasteiger partial charge >= 0.3 is 5.63 Å². The van der Waals surface area contributed by atoms with Crippen LogP contribution in [0, 0.1) is 0 Å². The lowest BCUT2D eigenvalue weighted by molar-refractivity contribution is 0.230. The van der Waals surface area contributed by atoms with Gasteiger partial charge in [0.05, 0.1) is 22.3 Å². The molecule has 0 unspecified atom stereocenters. The molecule has 5 nitrogen and oxygen atoms in total. The molecule has 0 aliphatic rings. The smallest absolute Gasteiger partial charge is 0.360 e. The standard InChI is InChI=1S/C15H13Br2NO4/c1-6(2)21-10-5-8-7(4-9(10)20-3)11-12(16)14(17)18-13(11)15(19)22-8/h4-6,18H,1-3H3. The van der Waals surface area contributed by atoms with E-state index in [2.05, 4.69) is 36.8 Å². The Morgan fingerprint density at radius 1 is 1.23 bits per heavy atom. The normalized spacial score (nSPS) is 11.5. The van der Waals surface area contributed by atoms with Crippen molar-refractivity contribution in [1.29, 1.82) is 0 Å². The molecule has 0 aliphatic carbocycles. The second-order valence-electron chi connectivity index (χ2n) is 5.06. The zero-order chi connectivity index (χ0) is 16.0. The Morgan fingerprint density at radius 3 is 2.59 bits per heavy atom. The Kier molecular flexibility index (Phi) is 3.94. The van der Waals surface area contributed by atoms with E-state index in [1.807, 2.05) is 19.9 Å².